The number of carboxylic acids is 2. The van der Waals surface area contributed by atoms with Gasteiger partial charge < -0.3 is 20.7 Å². The Labute approximate surface area is 174 Å². The third-order valence-electron chi connectivity index (χ3n) is 6.02. The average Bonchev–Trinajstić information content (AvgIpc) is 2.69. The van der Waals surface area contributed by atoms with E-state index in [0.717, 1.165) is 0 Å². The number of primary amides is 1. The van der Waals surface area contributed by atoms with Crippen LogP contribution in [0.15, 0.2) is 54.6 Å². The third-order valence-corrected chi connectivity index (χ3v) is 6.02. The highest BCUT2D eigenvalue weighted by Gasteiger charge is 2.69. The molecule has 2 aromatic carbocycles. The van der Waals surface area contributed by atoms with E-state index in [4.69, 9.17) is 10.5 Å². The maximum Gasteiger partial charge on any atom is 0.308 e. The fraction of sp³-hybridized carbons (Fsp3) is 0.348. The summed E-state index contributed by atoms with van der Waals surface area (Å²) in [6.45, 7) is 1.87. The van der Waals surface area contributed by atoms with Gasteiger partial charge in [0.25, 0.3) is 0 Å². The van der Waals surface area contributed by atoms with E-state index in [-0.39, 0.29) is 6.42 Å². The van der Waals surface area contributed by atoms with Gasteiger partial charge in [-0.25, -0.2) is 0 Å². The first-order chi connectivity index (χ1) is 14.3. The number of carboxylic acid groups (broad SMARTS) is 2. The number of hydrogen-bond donors (Lipinski definition) is 3. The second kappa shape index (κ2) is 8.57. The molecule has 1 aliphatic rings. The number of rotatable bonds is 9. The molecule has 158 valence electrons. The van der Waals surface area contributed by atoms with Gasteiger partial charge in [-0.3, -0.25) is 14.4 Å². The summed E-state index contributed by atoms with van der Waals surface area (Å²) in [6, 6.07) is 16.2. The fourth-order valence-electron chi connectivity index (χ4n) is 4.72. The molecule has 0 spiro atoms. The molecule has 0 aliphatic heterocycles. The number of carbonyl (C=O) groups is 3. The summed E-state index contributed by atoms with van der Waals surface area (Å²) in [4.78, 5) is 36.2. The zero-order valence-electron chi connectivity index (χ0n) is 16.7. The summed E-state index contributed by atoms with van der Waals surface area (Å²) in [6.07, 6.45) is 1.11. The van der Waals surface area contributed by atoms with Gasteiger partial charge in [0.15, 0.2) is 0 Å². The van der Waals surface area contributed by atoms with Crippen LogP contribution in [-0.2, 0) is 20.8 Å². The normalized spacial score (nSPS) is 25.2. The molecule has 1 saturated carbocycles. The number of para-hydroxylation sites is 1. The van der Waals surface area contributed by atoms with Crippen LogP contribution in [-0.4, -0.2) is 28.1 Å². The van der Waals surface area contributed by atoms with E-state index < -0.39 is 41.0 Å². The maximum absolute atomic E-state index is 12.5. The molecule has 1 amide bonds. The summed E-state index contributed by atoms with van der Waals surface area (Å²) in [5, 5.41) is 19.3. The fourth-order valence-corrected chi connectivity index (χ4v) is 4.72. The van der Waals surface area contributed by atoms with Crippen LogP contribution in [0.5, 0.6) is 11.5 Å². The molecule has 7 heteroatoms. The van der Waals surface area contributed by atoms with Gasteiger partial charge in [-0.05, 0) is 48.6 Å². The average molecular weight is 411 g/mol. The van der Waals surface area contributed by atoms with Crippen molar-refractivity contribution in [3.63, 3.8) is 0 Å². The SMILES string of the molecule is CCCC1C(C(=O)O)C(C(=O)O)C1(Cc1ccc(Oc2ccccc2)cc1)C(N)=O. The summed E-state index contributed by atoms with van der Waals surface area (Å²) < 4.78 is 5.76. The summed E-state index contributed by atoms with van der Waals surface area (Å²) in [5.74, 6) is -5.12. The van der Waals surface area contributed by atoms with Crippen molar-refractivity contribution < 1.29 is 29.3 Å². The van der Waals surface area contributed by atoms with Gasteiger partial charge in [0.2, 0.25) is 5.91 Å². The van der Waals surface area contributed by atoms with Crippen LogP contribution in [0.4, 0.5) is 0 Å². The number of carbonyl (C=O) groups excluding carboxylic acids is 1. The largest absolute Gasteiger partial charge is 0.481 e. The molecule has 4 unspecified atom stereocenters. The Morgan fingerprint density at radius 1 is 0.967 bits per heavy atom. The molecule has 0 bridgehead atoms. The summed E-state index contributed by atoms with van der Waals surface area (Å²) in [7, 11) is 0. The molecule has 0 aromatic heterocycles. The monoisotopic (exact) mass is 411 g/mol. The Balaban J connectivity index is 1.89. The van der Waals surface area contributed by atoms with E-state index >= 15 is 0 Å². The zero-order valence-corrected chi connectivity index (χ0v) is 16.7. The molecule has 4 atom stereocenters. The lowest BCUT2D eigenvalue weighted by Crippen LogP contribution is -2.68. The van der Waals surface area contributed by atoms with Gasteiger partial charge >= 0.3 is 11.9 Å². The molecular formula is C23H25NO6. The minimum absolute atomic E-state index is 0.0688. The minimum Gasteiger partial charge on any atom is -0.481 e. The third kappa shape index (κ3) is 3.75. The first-order valence-corrected chi connectivity index (χ1v) is 9.88. The number of benzene rings is 2. The molecule has 1 fully saturated rings. The van der Waals surface area contributed by atoms with E-state index in [1.54, 1.807) is 24.3 Å². The van der Waals surface area contributed by atoms with Gasteiger partial charge in [-0.15, -0.1) is 0 Å². The lowest BCUT2D eigenvalue weighted by Gasteiger charge is -2.56. The topological polar surface area (TPSA) is 127 Å². The van der Waals surface area contributed by atoms with Crippen LogP contribution in [0.3, 0.4) is 0 Å². The number of hydrogen-bond acceptors (Lipinski definition) is 4. The summed E-state index contributed by atoms with van der Waals surface area (Å²) >= 11 is 0. The van der Waals surface area contributed by atoms with Crippen molar-refractivity contribution in [2.75, 3.05) is 0 Å². The number of amides is 1. The van der Waals surface area contributed by atoms with Gasteiger partial charge in [-0.1, -0.05) is 43.7 Å². The van der Waals surface area contributed by atoms with Crippen LogP contribution in [0, 0.1) is 23.2 Å². The van der Waals surface area contributed by atoms with Crippen molar-refractivity contribution in [1.82, 2.24) is 0 Å². The molecule has 0 radical (unpaired) electrons. The van der Waals surface area contributed by atoms with Gasteiger partial charge in [0, 0.05) is 0 Å². The van der Waals surface area contributed by atoms with E-state index in [1.807, 2.05) is 37.3 Å². The molecule has 1 aliphatic carbocycles. The van der Waals surface area contributed by atoms with Gasteiger partial charge in [-0.2, -0.15) is 0 Å². The Morgan fingerprint density at radius 3 is 2.07 bits per heavy atom. The quantitative estimate of drug-likeness (QED) is 0.581. The van der Waals surface area contributed by atoms with Crippen molar-refractivity contribution in [3.8, 4) is 11.5 Å². The highest BCUT2D eigenvalue weighted by atomic mass is 16.5. The van der Waals surface area contributed by atoms with Crippen molar-refractivity contribution in [1.29, 1.82) is 0 Å². The first-order valence-electron chi connectivity index (χ1n) is 9.88. The first kappa shape index (κ1) is 21.4. The molecule has 7 nitrogen and oxygen atoms in total. The van der Waals surface area contributed by atoms with Crippen molar-refractivity contribution >= 4 is 17.8 Å². The van der Waals surface area contributed by atoms with E-state index in [1.165, 1.54) is 0 Å². The predicted octanol–water partition coefficient (Wildman–Crippen LogP) is 3.32. The van der Waals surface area contributed by atoms with Crippen LogP contribution < -0.4 is 10.5 Å². The Kier molecular flexibility index (Phi) is 6.10. The summed E-state index contributed by atoms with van der Waals surface area (Å²) in [5.41, 5.74) is 4.97. The minimum atomic E-state index is -1.44. The van der Waals surface area contributed by atoms with Gasteiger partial charge in [0.05, 0.1) is 17.3 Å². The number of aliphatic carboxylic acids is 2. The lowest BCUT2D eigenvalue weighted by atomic mass is 9.43. The Bertz CT molecular complexity index is 926. The standard InChI is InChI=1S/C23H25NO6/c1-2-6-17-18(20(25)26)19(21(27)28)23(17,22(24)29)13-14-9-11-16(12-10-14)30-15-7-4-3-5-8-15/h3-5,7-12,17-19H,2,6,13H2,1H3,(H2,24,29)(H,25,26)(H,27,28). The van der Waals surface area contributed by atoms with Crippen LogP contribution in [0.2, 0.25) is 0 Å². The van der Waals surface area contributed by atoms with Crippen LogP contribution >= 0.6 is 0 Å². The second-order valence-electron chi connectivity index (χ2n) is 7.72. The van der Waals surface area contributed by atoms with Crippen LogP contribution in [0.25, 0.3) is 0 Å². The van der Waals surface area contributed by atoms with E-state index in [0.29, 0.717) is 29.9 Å². The highest BCUT2D eigenvalue weighted by molar-refractivity contribution is 5.94. The molecule has 3 rings (SSSR count). The van der Waals surface area contributed by atoms with E-state index in [9.17, 15) is 24.6 Å². The van der Waals surface area contributed by atoms with Crippen molar-refractivity contribution in [3.05, 3.63) is 60.2 Å². The Hall–Kier alpha value is -3.35. The molecule has 0 saturated heterocycles. The lowest BCUT2D eigenvalue weighted by molar-refractivity contribution is -0.197. The van der Waals surface area contributed by atoms with Crippen molar-refractivity contribution in [2.24, 2.45) is 28.9 Å². The molecule has 2 aromatic rings. The maximum atomic E-state index is 12.5. The van der Waals surface area contributed by atoms with Crippen molar-refractivity contribution in [2.45, 2.75) is 26.2 Å². The van der Waals surface area contributed by atoms with Crippen LogP contribution in [0.1, 0.15) is 25.3 Å². The van der Waals surface area contributed by atoms with E-state index in [2.05, 4.69) is 0 Å². The molecule has 4 N–H and O–H groups in total. The highest BCUT2D eigenvalue weighted by Crippen LogP contribution is 2.59. The second-order valence-corrected chi connectivity index (χ2v) is 7.72. The smallest absolute Gasteiger partial charge is 0.308 e. The molecule has 30 heavy (non-hydrogen) atoms. The zero-order chi connectivity index (χ0) is 21.9. The molecule has 0 heterocycles. The predicted molar refractivity (Wildman–Crippen MR) is 109 cm³/mol. The number of nitrogens with two attached hydrogens (primary N) is 1. The van der Waals surface area contributed by atoms with Gasteiger partial charge in [0.1, 0.15) is 11.5 Å². The number of ether oxygens (including phenoxy) is 1. The Morgan fingerprint density at radius 2 is 1.57 bits per heavy atom. The molecular weight excluding hydrogens is 386 g/mol.